The quantitative estimate of drug-likeness (QED) is 0.322. The number of anilines is 1. The van der Waals surface area contributed by atoms with Gasteiger partial charge < -0.3 is 10.2 Å². The summed E-state index contributed by atoms with van der Waals surface area (Å²) in [6.45, 7) is 9.00. The van der Waals surface area contributed by atoms with Gasteiger partial charge in [-0.05, 0) is 75.6 Å². The van der Waals surface area contributed by atoms with Crippen molar-refractivity contribution in [2.24, 2.45) is 0 Å². The number of piperidine rings is 1. The number of para-hydroxylation sites is 1. The fourth-order valence-corrected chi connectivity index (χ4v) is 9.91. The molecule has 6 rings (SSSR count). The molecule has 4 heterocycles. The third-order valence-electron chi connectivity index (χ3n) is 8.19. The van der Waals surface area contributed by atoms with E-state index in [1.165, 1.54) is 10.4 Å². The maximum Gasteiger partial charge on any atom is 0.256 e. The van der Waals surface area contributed by atoms with Crippen molar-refractivity contribution in [2.75, 3.05) is 18.4 Å². The van der Waals surface area contributed by atoms with E-state index in [9.17, 15) is 13.2 Å². The zero-order valence-corrected chi connectivity index (χ0v) is 25.5. The minimum Gasteiger partial charge on any atom is -0.328 e. The number of thiophene rings is 1. The minimum absolute atomic E-state index is 0.0130. The van der Waals surface area contributed by atoms with Gasteiger partial charge in [0.05, 0.1) is 32.6 Å². The minimum atomic E-state index is -3.59. The topological polar surface area (TPSA) is 83.8 Å². The van der Waals surface area contributed by atoms with Crippen molar-refractivity contribution < 1.29 is 18.1 Å². The highest BCUT2D eigenvalue weighted by atomic mass is 32.2. The predicted molar refractivity (Wildman–Crippen MR) is 163 cm³/mol. The third kappa shape index (κ3) is 5.12. The van der Waals surface area contributed by atoms with Crippen LogP contribution in [0.2, 0.25) is 0 Å². The highest BCUT2D eigenvalue weighted by Crippen LogP contribution is 2.44. The number of benzene rings is 2. The van der Waals surface area contributed by atoms with Crippen LogP contribution in [0.1, 0.15) is 60.8 Å². The molecule has 2 aromatic heterocycles. The molecule has 10 heteroatoms. The number of quaternary nitrogens is 1. The van der Waals surface area contributed by atoms with Gasteiger partial charge >= 0.3 is 0 Å². The zero-order chi connectivity index (χ0) is 28.0. The summed E-state index contributed by atoms with van der Waals surface area (Å²) < 4.78 is 29.2. The molecule has 7 nitrogen and oxygen atoms in total. The summed E-state index contributed by atoms with van der Waals surface area (Å²) in [5.41, 5.74) is 3.72. The number of rotatable bonds is 6. The zero-order valence-electron chi connectivity index (χ0n) is 23.1. The van der Waals surface area contributed by atoms with Crippen molar-refractivity contribution in [1.82, 2.24) is 9.29 Å². The molecule has 2 N–H and O–H groups in total. The highest BCUT2D eigenvalue weighted by Gasteiger charge is 2.32. The van der Waals surface area contributed by atoms with Crippen LogP contribution in [-0.2, 0) is 23.0 Å². The SMILES string of the molecule is CC1CCCCN1S(=O)(=O)c1ccc(C(=O)Nc2sc3c(c2-c2nc4ccccc4s2)CC[NH+](C(C)C)C3)cc1. The molecule has 40 heavy (non-hydrogen) atoms. The van der Waals surface area contributed by atoms with Crippen molar-refractivity contribution in [1.29, 1.82) is 0 Å². The molecule has 2 atom stereocenters. The van der Waals surface area contributed by atoms with Gasteiger partial charge in [-0.1, -0.05) is 18.6 Å². The van der Waals surface area contributed by atoms with Gasteiger partial charge in [0.1, 0.15) is 16.6 Å². The van der Waals surface area contributed by atoms with Crippen LogP contribution in [0.4, 0.5) is 5.00 Å². The number of sulfonamides is 1. The molecule has 0 saturated carbocycles. The van der Waals surface area contributed by atoms with E-state index in [4.69, 9.17) is 4.98 Å². The average Bonchev–Trinajstić information content (AvgIpc) is 3.53. The van der Waals surface area contributed by atoms with E-state index in [2.05, 4.69) is 25.2 Å². The number of hydrogen-bond acceptors (Lipinski definition) is 6. The summed E-state index contributed by atoms with van der Waals surface area (Å²) in [7, 11) is -3.59. The Hall–Kier alpha value is -2.63. The van der Waals surface area contributed by atoms with Crippen LogP contribution in [0.3, 0.4) is 0 Å². The van der Waals surface area contributed by atoms with Crippen molar-refractivity contribution in [2.45, 2.75) is 70.0 Å². The second kappa shape index (κ2) is 11.0. The number of carbonyl (C=O) groups is 1. The van der Waals surface area contributed by atoms with E-state index in [1.54, 1.807) is 56.1 Å². The van der Waals surface area contributed by atoms with Gasteiger partial charge in [-0.15, -0.1) is 22.7 Å². The first kappa shape index (κ1) is 27.5. The number of nitrogens with one attached hydrogen (secondary N) is 2. The van der Waals surface area contributed by atoms with Crippen LogP contribution >= 0.6 is 22.7 Å². The Morgan fingerprint density at radius 1 is 1.10 bits per heavy atom. The van der Waals surface area contributed by atoms with Crippen LogP contribution < -0.4 is 10.2 Å². The monoisotopic (exact) mass is 595 g/mol. The lowest BCUT2D eigenvalue weighted by molar-refractivity contribution is -0.936. The molecular formula is C30H35N4O3S3+. The molecule has 2 aromatic carbocycles. The predicted octanol–water partition coefficient (Wildman–Crippen LogP) is 5.19. The number of amides is 1. The second-order valence-electron chi connectivity index (χ2n) is 11.1. The highest BCUT2D eigenvalue weighted by molar-refractivity contribution is 7.89. The fraction of sp³-hybridized carbons (Fsp3) is 0.400. The summed E-state index contributed by atoms with van der Waals surface area (Å²) in [6, 6.07) is 15.0. The Balaban J connectivity index is 1.30. The second-order valence-corrected chi connectivity index (χ2v) is 15.1. The van der Waals surface area contributed by atoms with Crippen molar-refractivity contribution >= 4 is 53.8 Å². The van der Waals surface area contributed by atoms with E-state index in [1.807, 2.05) is 25.1 Å². The van der Waals surface area contributed by atoms with Gasteiger partial charge in [-0.3, -0.25) is 4.79 Å². The third-order valence-corrected chi connectivity index (χ3v) is 12.4. The Morgan fingerprint density at radius 2 is 1.88 bits per heavy atom. The van der Waals surface area contributed by atoms with Gasteiger partial charge in [0.2, 0.25) is 10.0 Å². The molecule has 1 saturated heterocycles. The first-order valence-electron chi connectivity index (χ1n) is 14.0. The smallest absolute Gasteiger partial charge is 0.256 e. The van der Waals surface area contributed by atoms with E-state index >= 15 is 0 Å². The number of aromatic nitrogens is 1. The van der Waals surface area contributed by atoms with Crippen molar-refractivity contribution in [3.05, 3.63) is 64.5 Å². The van der Waals surface area contributed by atoms with Crippen molar-refractivity contribution in [3.8, 4) is 10.6 Å². The van der Waals surface area contributed by atoms with E-state index in [0.29, 0.717) is 18.2 Å². The summed E-state index contributed by atoms with van der Waals surface area (Å²) in [5.74, 6) is -0.246. The number of nitrogens with zero attached hydrogens (tertiary/aromatic N) is 2. The number of fused-ring (bicyclic) bond motifs is 2. The first-order chi connectivity index (χ1) is 19.2. The van der Waals surface area contributed by atoms with Gasteiger partial charge in [0, 0.05) is 30.1 Å². The normalized spacial score (nSPS) is 20.1. The maximum atomic E-state index is 13.5. The molecule has 0 aliphatic carbocycles. The average molecular weight is 596 g/mol. The molecule has 0 radical (unpaired) electrons. The molecule has 1 fully saturated rings. The molecular weight excluding hydrogens is 561 g/mol. The first-order valence-corrected chi connectivity index (χ1v) is 17.1. The van der Waals surface area contributed by atoms with Crippen LogP contribution in [0.5, 0.6) is 0 Å². The molecule has 2 aliphatic rings. The molecule has 1 amide bonds. The summed E-state index contributed by atoms with van der Waals surface area (Å²) in [4.78, 5) is 21.5. The van der Waals surface area contributed by atoms with E-state index in [-0.39, 0.29) is 16.8 Å². The lowest BCUT2D eigenvalue weighted by Gasteiger charge is -2.32. The van der Waals surface area contributed by atoms with Crippen molar-refractivity contribution in [3.63, 3.8) is 0 Å². The Bertz CT molecular complexity index is 1620. The summed E-state index contributed by atoms with van der Waals surface area (Å²) >= 11 is 3.30. The Morgan fingerprint density at radius 3 is 2.60 bits per heavy atom. The lowest BCUT2D eigenvalue weighted by atomic mass is 10.0. The van der Waals surface area contributed by atoms with Crippen LogP contribution in [-0.4, -0.2) is 48.8 Å². The number of hydrogen-bond donors (Lipinski definition) is 2. The summed E-state index contributed by atoms with van der Waals surface area (Å²) in [5, 5.41) is 4.92. The van der Waals surface area contributed by atoms with Gasteiger partial charge in [0.15, 0.2) is 0 Å². The standard InChI is InChI=1S/C30H34N4O3S3/c1-19(2)33-17-15-23-26(18-33)39-30(27(23)29-31-24-9-4-5-10-25(24)38-29)32-28(35)21-11-13-22(14-12-21)40(36,37)34-16-7-6-8-20(34)3/h4-5,9-14,19-20H,6-8,15-18H2,1-3H3,(H,32,35)/p+1. The fourth-order valence-electron chi connectivity index (χ4n) is 5.80. The summed E-state index contributed by atoms with van der Waals surface area (Å²) in [6.07, 6.45) is 3.75. The van der Waals surface area contributed by atoms with Crippen LogP contribution in [0, 0.1) is 0 Å². The largest absolute Gasteiger partial charge is 0.328 e. The Kier molecular flexibility index (Phi) is 7.56. The van der Waals surface area contributed by atoms with E-state index < -0.39 is 10.0 Å². The molecule has 0 bridgehead atoms. The van der Waals surface area contributed by atoms with Gasteiger partial charge in [-0.25, -0.2) is 13.4 Å². The van der Waals surface area contributed by atoms with E-state index in [0.717, 1.165) is 64.6 Å². The molecule has 2 aliphatic heterocycles. The van der Waals surface area contributed by atoms with Crippen LogP contribution in [0.25, 0.3) is 20.8 Å². The number of thiazole rings is 1. The van der Waals surface area contributed by atoms with Crippen LogP contribution in [0.15, 0.2) is 53.4 Å². The van der Waals surface area contributed by atoms with Gasteiger partial charge in [0.25, 0.3) is 5.91 Å². The molecule has 2 unspecified atom stereocenters. The number of carbonyl (C=O) groups excluding carboxylic acids is 1. The maximum absolute atomic E-state index is 13.5. The molecule has 0 spiro atoms. The molecule has 210 valence electrons. The Labute approximate surface area is 243 Å². The molecule has 4 aromatic rings. The lowest BCUT2D eigenvalue weighted by Crippen LogP contribution is -3.14. The van der Waals surface area contributed by atoms with Gasteiger partial charge in [-0.2, -0.15) is 4.31 Å².